The fourth-order valence-corrected chi connectivity index (χ4v) is 2.51. The molecule has 0 saturated carbocycles. The van der Waals surface area contributed by atoms with Crippen molar-refractivity contribution in [2.75, 3.05) is 7.11 Å². The molecule has 0 saturated heterocycles. The summed E-state index contributed by atoms with van der Waals surface area (Å²) in [5, 5.41) is 30.0. The summed E-state index contributed by atoms with van der Waals surface area (Å²) in [6.45, 7) is 1.64. The molecule has 7 nitrogen and oxygen atoms in total. The third-order valence-electron chi connectivity index (χ3n) is 3.95. The minimum atomic E-state index is -1.55. The van der Waals surface area contributed by atoms with E-state index in [1.54, 1.807) is 6.92 Å². The van der Waals surface area contributed by atoms with Crippen LogP contribution < -0.4 is 4.74 Å². The summed E-state index contributed by atoms with van der Waals surface area (Å²) in [5.41, 5.74) is 0.306. The number of hydrogen-bond acceptors (Lipinski definition) is 7. The third-order valence-corrected chi connectivity index (χ3v) is 3.95. The first-order chi connectivity index (χ1) is 12.3. The predicted molar refractivity (Wildman–Crippen MR) is 94.0 cm³/mol. The monoisotopic (exact) mass is 362 g/mol. The van der Waals surface area contributed by atoms with Gasteiger partial charge in [-0.3, -0.25) is 4.79 Å². The van der Waals surface area contributed by atoms with Crippen molar-refractivity contribution in [1.82, 2.24) is 0 Å². The van der Waals surface area contributed by atoms with Gasteiger partial charge in [0.1, 0.15) is 29.3 Å². The van der Waals surface area contributed by atoms with Crippen LogP contribution in [-0.4, -0.2) is 52.5 Å². The average Bonchev–Trinajstić information content (AvgIpc) is 2.59. The normalized spacial score (nSPS) is 27.0. The van der Waals surface area contributed by atoms with Gasteiger partial charge in [0.05, 0.1) is 13.2 Å². The maximum absolute atomic E-state index is 12.4. The first kappa shape index (κ1) is 19.7. The molecule has 2 rings (SSSR count). The van der Waals surface area contributed by atoms with Crippen LogP contribution in [0.4, 0.5) is 0 Å². The number of esters is 1. The number of ketones is 1. The zero-order valence-corrected chi connectivity index (χ0v) is 14.6. The van der Waals surface area contributed by atoms with Gasteiger partial charge >= 0.3 is 5.97 Å². The number of fused-ring (bicyclic) bond motifs is 1. The number of aromatic hydroxyl groups is 1. The molecule has 140 valence electrons. The summed E-state index contributed by atoms with van der Waals surface area (Å²) < 4.78 is 10.4. The van der Waals surface area contributed by atoms with Crippen molar-refractivity contribution in [3.05, 3.63) is 41.5 Å². The highest BCUT2D eigenvalue weighted by molar-refractivity contribution is 5.97. The van der Waals surface area contributed by atoms with Crippen LogP contribution in [0, 0.1) is 0 Å². The number of ether oxygens (including phenoxy) is 2. The average molecular weight is 362 g/mol. The zero-order valence-electron chi connectivity index (χ0n) is 14.6. The lowest BCUT2D eigenvalue weighted by molar-refractivity contribution is -0.127. The molecule has 0 aromatic heterocycles. The molecule has 0 radical (unpaired) electrons. The highest BCUT2D eigenvalue weighted by Gasteiger charge is 2.23. The van der Waals surface area contributed by atoms with E-state index in [0.717, 1.165) is 6.08 Å². The predicted octanol–water partition coefficient (Wildman–Crippen LogP) is 1.60. The number of phenols is 1. The Morgan fingerprint density at radius 3 is 2.50 bits per heavy atom. The van der Waals surface area contributed by atoms with Crippen LogP contribution in [0.25, 0.3) is 6.08 Å². The quantitative estimate of drug-likeness (QED) is 0.650. The molecule has 1 aromatic rings. The maximum atomic E-state index is 12.4. The van der Waals surface area contributed by atoms with E-state index in [1.165, 1.54) is 37.5 Å². The summed E-state index contributed by atoms with van der Waals surface area (Å²) in [6.07, 6.45) is 2.42. The van der Waals surface area contributed by atoms with Gasteiger partial charge in [0, 0.05) is 12.5 Å². The standard InChI is InChI=1S/C19H22O7/c1-11-5-3-7-14(20)18(23)15(21)8-4-6-12-9-13(25-2)10-16(22)17(12)19(24)26-11/h3-4,6-7,9-11,15,18,21-23H,5,8H2,1-2H3/b6-4+,7-3+. The Balaban J connectivity index is 2.45. The van der Waals surface area contributed by atoms with Crippen LogP contribution in [0.5, 0.6) is 11.5 Å². The van der Waals surface area contributed by atoms with Crippen LogP contribution in [0.15, 0.2) is 30.4 Å². The second kappa shape index (κ2) is 8.64. The van der Waals surface area contributed by atoms with Gasteiger partial charge in [0.15, 0.2) is 5.78 Å². The number of phenolic OH excluding ortho intramolecular Hbond substituents is 1. The lowest BCUT2D eigenvalue weighted by atomic mass is 10.0. The molecule has 0 fully saturated rings. The van der Waals surface area contributed by atoms with E-state index in [4.69, 9.17) is 9.47 Å². The minimum Gasteiger partial charge on any atom is -0.507 e. The number of benzene rings is 1. The molecule has 1 heterocycles. The fourth-order valence-electron chi connectivity index (χ4n) is 2.51. The van der Waals surface area contributed by atoms with Gasteiger partial charge in [-0.2, -0.15) is 0 Å². The molecule has 3 unspecified atom stereocenters. The number of aliphatic hydroxyl groups excluding tert-OH is 2. The number of rotatable bonds is 1. The Labute approximate surface area is 151 Å². The molecule has 26 heavy (non-hydrogen) atoms. The van der Waals surface area contributed by atoms with E-state index in [2.05, 4.69) is 0 Å². The largest absolute Gasteiger partial charge is 0.507 e. The topological polar surface area (TPSA) is 113 Å². The van der Waals surface area contributed by atoms with Gasteiger partial charge in [0.2, 0.25) is 0 Å². The SMILES string of the molecule is COc1cc(O)c2c(c1)/C=C/CC(O)C(O)C(=O)/C=C/CC(C)OC2=O. The van der Waals surface area contributed by atoms with Crippen LogP contribution in [0.1, 0.15) is 35.7 Å². The Bertz CT molecular complexity index is 736. The Morgan fingerprint density at radius 2 is 1.81 bits per heavy atom. The maximum Gasteiger partial charge on any atom is 0.342 e. The van der Waals surface area contributed by atoms with E-state index in [1.807, 2.05) is 0 Å². The molecule has 0 bridgehead atoms. The van der Waals surface area contributed by atoms with Crippen molar-refractivity contribution in [3.8, 4) is 11.5 Å². The van der Waals surface area contributed by atoms with E-state index in [0.29, 0.717) is 11.3 Å². The number of methoxy groups -OCH3 is 1. The number of carbonyl (C=O) groups excluding carboxylic acids is 2. The van der Waals surface area contributed by atoms with Crippen LogP contribution >= 0.6 is 0 Å². The molecule has 1 aliphatic rings. The number of cyclic esters (lactones) is 1. The van der Waals surface area contributed by atoms with Gasteiger partial charge in [-0.05, 0) is 31.1 Å². The summed E-state index contributed by atoms with van der Waals surface area (Å²) in [5.74, 6) is -1.29. The Kier molecular flexibility index (Phi) is 6.54. The molecule has 0 spiro atoms. The van der Waals surface area contributed by atoms with Gasteiger partial charge in [-0.1, -0.05) is 18.2 Å². The number of aliphatic hydroxyl groups is 2. The molecule has 1 aliphatic heterocycles. The minimum absolute atomic E-state index is 0.0242. The number of hydrogen-bond donors (Lipinski definition) is 3. The summed E-state index contributed by atoms with van der Waals surface area (Å²) in [4.78, 5) is 24.3. The molecule has 3 N–H and O–H groups in total. The van der Waals surface area contributed by atoms with Crippen molar-refractivity contribution in [2.45, 2.75) is 38.1 Å². The summed E-state index contributed by atoms with van der Waals surface area (Å²) in [6, 6.07) is 2.84. The summed E-state index contributed by atoms with van der Waals surface area (Å²) in [7, 11) is 1.42. The lowest BCUT2D eigenvalue weighted by Crippen LogP contribution is -2.32. The second-order valence-corrected chi connectivity index (χ2v) is 6.02. The van der Waals surface area contributed by atoms with Crippen LogP contribution in [0.3, 0.4) is 0 Å². The van der Waals surface area contributed by atoms with Crippen molar-refractivity contribution in [1.29, 1.82) is 0 Å². The molecular weight excluding hydrogens is 340 g/mol. The van der Waals surface area contributed by atoms with Crippen LogP contribution in [-0.2, 0) is 9.53 Å². The summed E-state index contributed by atoms with van der Waals surface area (Å²) >= 11 is 0. The van der Waals surface area contributed by atoms with E-state index in [9.17, 15) is 24.9 Å². The zero-order chi connectivity index (χ0) is 19.3. The number of carbonyl (C=O) groups is 2. The van der Waals surface area contributed by atoms with E-state index >= 15 is 0 Å². The Morgan fingerprint density at radius 1 is 1.12 bits per heavy atom. The molecule has 3 atom stereocenters. The van der Waals surface area contributed by atoms with Gasteiger partial charge in [-0.25, -0.2) is 4.79 Å². The molecular formula is C19H22O7. The van der Waals surface area contributed by atoms with Crippen molar-refractivity contribution in [2.24, 2.45) is 0 Å². The van der Waals surface area contributed by atoms with Gasteiger partial charge in [0.25, 0.3) is 0 Å². The smallest absolute Gasteiger partial charge is 0.342 e. The Hall–Kier alpha value is -2.64. The highest BCUT2D eigenvalue weighted by Crippen LogP contribution is 2.30. The fraction of sp³-hybridized carbons (Fsp3) is 0.368. The van der Waals surface area contributed by atoms with E-state index < -0.39 is 30.1 Å². The van der Waals surface area contributed by atoms with Crippen molar-refractivity contribution < 1.29 is 34.4 Å². The third kappa shape index (κ3) is 4.71. The van der Waals surface area contributed by atoms with Gasteiger partial charge < -0.3 is 24.8 Å². The molecule has 0 aliphatic carbocycles. The molecule has 1 aromatic carbocycles. The van der Waals surface area contributed by atoms with E-state index in [-0.39, 0.29) is 24.2 Å². The first-order valence-corrected chi connectivity index (χ1v) is 8.18. The van der Waals surface area contributed by atoms with Crippen molar-refractivity contribution >= 4 is 17.8 Å². The lowest BCUT2D eigenvalue weighted by Gasteiger charge is -2.16. The van der Waals surface area contributed by atoms with Crippen LogP contribution in [0.2, 0.25) is 0 Å². The molecule has 0 amide bonds. The highest BCUT2D eigenvalue weighted by atomic mass is 16.5. The second-order valence-electron chi connectivity index (χ2n) is 6.02. The first-order valence-electron chi connectivity index (χ1n) is 8.18. The van der Waals surface area contributed by atoms with Crippen molar-refractivity contribution in [3.63, 3.8) is 0 Å². The van der Waals surface area contributed by atoms with Gasteiger partial charge in [-0.15, -0.1) is 0 Å². The molecule has 7 heteroatoms.